The van der Waals surface area contributed by atoms with Gasteiger partial charge in [-0.2, -0.15) is 4.39 Å². The molecule has 0 saturated heterocycles. The van der Waals surface area contributed by atoms with Crippen LogP contribution in [0.25, 0.3) is 0 Å². The van der Waals surface area contributed by atoms with Crippen molar-refractivity contribution in [1.82, 2.24) is 0 Å². The van der Waals surface area contributed by atoms with Gasteiger partial charge < -0.3 is 4.74 Å². The van der Waals surface area contributed by atoms with Gasteiger partial charge in [-0.1, -0.05) is 155 Å². The maximum Gasteiger partial charge on any atom is 0.366 e. The van der Waals surface area contributed by atoms with E-state index in [1.807, 2.05) is 0 Å². The lowest BCUT2D eigenvalue weighted by atomic mass is 10.0. The van der Waals surface area contributed by atoms with Gasteiger partial charge in [0.1, 0.15) is 0 Å². The summed E-state index contributed by atoms with van der Waals surface area (Å²) in [5.74, 6) is -1.49. The Morgan fingerprint density at radius 2 is 0.853 bits per heavy atom. The zero-order chi connectivity index (χ0) is 25.0. The highest BCUT2D eigenvalue weighted by Crippen LogP contribution is 2.15. The number of esters is 1. The summed E-state index contributed by atoms with van der Waals surface area (Å²) in [6.45, 7) is 4.84. The quantitative estimate of drug-likeness (QED) is 0.0661. The minimum atomic E-state index is -0.778. The van der Waals surface area contributed by atoms with Crippen LogP contribution in [0.4, 0.5) is 4.39 Å². The summed E-state index contributed by atoms with van der Waals surface area (Å²) in [6, 6.07) is 0. The molecular weight excluding hydrogens is 423 g/mol. The van der Waals surface area contributed by atoms with E-state index in [1.54, 1.807) is 0 Å². The van der Waals surface area contributed by atoms with Crippen molar-refractivity contribution in [2.24, 2.45) is 0 Å². The highest BCUT2D eigenvalue weighted by molar-refractivity contribution is 5.85. The molecule has 0 N–H and O–H groups in total. The molecule has 0 radical (unpaired) electrons. The fourth-order valence-corrected chi connectivity index (χ4v) is 4.47. The average Bonchev–Trinajstić information content (AvgIpc) is 2.84. The highest BCUT2D eigenvalue weighted by atomic mass is 19.1. The maximum atomic E-state index is 13.8. The van der Waals surface area contributed by atoms with E-state index in [0.717, 1.165) is 25.7 Å². The first kappa shape index (κ1) is 33.1. The highest BCUT2D eigenvalue weighted by Gasteiger charge is 2.09. The van der Waals surface area contributed by atoms with E-state index in [9.17, 15) is 9.18 Å². The van der Waals surface area contributed by atoms with Crippen molar-refractivity contribution in [3.8, 4) is 0 Å². The molecule has 3 heteroatoms. The molecule has 0 atom stereocenters. The minimum absolute atomic E-state index is 0.341. The normalized spacial score (nSPS) is 11.8. The molecule has 0 aromatic carbocycles. The van der Waals surface area contributed by atoms with Gasteiger partial charge in [-0.3, -0.25) is 0 Å². The third-order valence-electron chi connectivity index (χ3n) is 6.81. The van der Waals surface area contributed by atoms with Crippen molar-refractivity contribution >= 4 is 5.97 Å². The van der Waals surface area contributed by atoms with E-state index in [1.165, 1.54) is 134 Å². The fourth-order valence-electron chi connectivity index (χ4n) is 4.47. The van der Waals surface area contributed by atoms with Crippen LogP contribution < -0.4 is 0 Å². The van der Waals surface area contributed by atoms with Crippen molar-refractivity contribution < 1.29 is 13.9 Å². The number of carbonyl (C=O) groups excluding carboxylic acids is 1. The number of unbranched alkanes of at least 4 members (excludes halogenated alkanes) is 23. The molecule has 0 fully saturated rings. The molecule has 0 amide bonds. The van der Waals surface area contributed by atoms with Crippen LogP contribution >= 0.6 is 0 Å². The van der Waals surface area contributed by atoms with Crippen molar-refractivity contribution in [1.29, 1.82) is 0 Å². The van der Waals surface area contributed by atoms with Crippen LogP contribution in [-0.4, -0.2) is 12.6 Å². The van der Waals surface area contributed by atoms with Gasteiger partial charge in [-0.15, -0.1) is 0 Å². The Morgan fingerprint density at radius 3 is 1.24 bits per heavy atom. The van der Waals surface area contributed by atoms with E-state index in [4.69, 9.17) is 4.74 Å². The Kier molecular flexibility index (Phi) is 27.7. The monoisotopic (exact) mass is 482 g/mol. The lowest BCUT2D eigenvalue weighted by Crippen LogP contribution is -2.06. The first-order valence-electron chi connectivity index (χ1n) is 15.2. The van der Waals surface area contributed by atoms with Crippen molar-refractivity contribution in [2.45, 2.75) is 174 Å². The minimum Gasteiger partial charge on any atom is -0.460 e. The van der Waals surface area contributed by atoms with E-state index in [2.05, 4.69) is 13.8 Å². The zero-order valence-corrected chi connectivity index (χ0v) is 23.2. The standard InChI is InChI=1S/C31H59FO2/c1-3-5-7-9-11-13-14-15-16-17-18-19-20-21-22-24-26-28-30(32)31(33)34-29-27-25-23-12-10-8-6-4-2/h28H,3-27,29H2,1-2H3. The summed E-state index contributed by atoms with van der Waals surface area (Å²) >= 11 is 0. The molecule has 0 saturated carbocycles. The Morgan fingerprint density at radius 1 is 0.529 bits per heavy atom. The van der Waals surface area contributed by atoms with Gasteiger partial charge in [0.25, 0.3) is 0 Å². The molecule has 202 valence electrons. The third kappa shape index (κ3) is 25.8. The van der Waals surface area contributed by atoms with Gasteiger partial charge in [0.15, 0.2) is 0 Å². The molecule has 0 aliphatic carbocycles. The molecule has 0 bridgehead atoms. The average molecular weight is 483 g/mol. The summed E-state index contributed by atoms with van der Waals surface area (Å²) in [5, 5.41) is 0. The second-order valence-electron chi connectivity index (χ2n) is 10.3. The predicted molar refractivity (Wildman–Crippen MR) is 147 cm³/mol. The van der Waals surface area contributed by atoms with Crippen LogP contribution in [-0.2, 0) is 9.53 Å². The van der Waals surface area contributed by atoms with E-state index >= 15 is 0 Å². The van der Waals surface area contributed by atoms with Gasteiger partial charge in [0, 0.05) is 0 Å². The van der Waals surface area contributed by atoms with Gasteiger partial charge >= 0.3 is 5.97 Å². The lowest BCUT2D eigenvalue weighted by molar-refractivity contribution is -0.140. The fraction of sp³-hybridized carbons (Fsp3) is 0.903. The number of ether oxygens (including phenoxy) is 1. The predicted octanol–water partition coefficient (Wildman–Crippen LogP) is 11.2. The van der Waals surface area contributed by atoms with Crippen LogP contribution in [0.1, 0.15) is 174 Å². The first-order chi connectivity index (χ1) is 16.7. The van der Waals surface area contributed by atoms with Crippen LogP contribution in [0.2, 0.25) is 0 Å². The van der Waals surface area contributed by atoms with E-state index in [0.29, 0.717) is 13.0 Å². The van der Waals surface area contributed by atoms with Gasteiger partial charge in [-0.05, 0) is 25.3 Å². The number of halogens is 1. The van der Waals surface area contributed by atoms with Crippen LogP contribution in [0, 0.1) is 0 Å². The Labute approximate surface area is 212 Å². The summed E-state index contributed by atoms with van der Waals surface area (Å²) in [4.78, 5) is 11.7. The largest absolute Gasteiger partial charge is 0.460 e. The molecule has 0 aliphatic rings. The van der Waals surface area contributed by atoms with Crippen molar-refractivity contribution in [3.05, 3.63) is 11.9 Å². The lowest BCUT2D eigenvalue weighted by Gasteiger charge is -2.04. The summed E-state index contributed by atoms with van der Waals surface area (Å²) in [5.41, 5.74) is 0. The SMILES string of the molecule is CCCCCCCCCCCCCCCCCCC=C(F)C(=O)OCCCCCCCCCC. The number of hydrogen-bond acceptors (Lipinski definition) is 2. The Hall–Kier alpha value is -0.860. The third-order valence-corrected chi connectivity index (χ3v) is 6.81. The number of rotatable bonds is 27. The second kappa shape index (κ2) is 28.4. The molecule has 0 aromatic rings. The van der Waals surface area contributed by atoms with Gasteiger partial charge in [-0.25, -0.2) is 4.79 Å². The molecule has 34 heavy (non-hydrogen) atoms. The Bertz CT molecular complexity index is 447. The zero-order valence-electron chi connectivity index (χ0n) is 23.2. The summed E-state index contributed by atoms with van der Waals surface area (Å²) in [6.07, 6.45) is 32.9. The molecule has 2 nitrogen and oxygen atoms in total. The van der Waals surface area contributed by atoms with Crippen LogP contribution in [0.5, 0.6) is 0 Å². The molecule has 0 aliphatic heterocycles. The topological polar surface area (TPSA) is 26.3 Å². The number of allylic oxidation sites excluding steroid dienone is 1. The molecule has 0 spiro atoms. The van der Waals surface area contributed by atoms with Crippen molar-refractivity contribution in [2.75, 3.05) is 6.61 Å². The van der Waals surface area contributed by atoms with Gasteiger partial charge in [0.2, 0.25) is 5.83 Å². The number of carbonyl (C=O) groups is 1. The van der Waals surface area contributed by atoms with E-state index in [-0.39, 0.29) is 0 Å². The van der Waals surface area contributed by atoms with Crippen LogP contribution in [0.15, 0.2) is 11.9 Å². The van der Waals surface area contributed by atoms with Crippen molar-refractivity contribution in [3.63, 3.8) is 0 Å². The molecule has 0 aromatic heterocycles. The smallest absolute Gasteiger partial charge is 0.366 e. The van der Waals surface area contributed by atoms with Crippen LogP contribution in [0.3, 0.4) is 0 Å². The molecule has 0 unspecified atom stereocenters. The number of hydrogen-bond donors (Lipinski definition) is 0. The first-order valence-corrected chi connectivity index (χ1v) is 15.2. The summed E-state index contributed by atoms with van der Waals surface area (Å²) < 4.78 is 18.9. The molecule has 0 heterocycles. The van der Waals surface area contributed by atoms with E-state index < -0.39 is 11.8 Å². The molecule has 0 rings (SSSR count). The molecular formula is C31H59FO2. The van der Waals surface area contributed by atoms with Gasteiger partial charge in [0.05, 0.1) is 6.61 Å². The second-order valence-corrected chi connectivity index (χ2v) is 10.3. The summed E-state index contributed by atoms with van der Waals surface area (Å²) in [7, 11) is 0. The maximum absolute atomic E-state index is 13.8. The Balaban J connectivity index is 3.35.